The zero-order chi connectivity index (χ0) is 20.8. The van der Waals surface area contributed by atoms with Gasteiger partial charge in [0.1, 0.15) is 17.2 Å². The molecule has 0 aliphatic carbocycles. The molecular weight excluding hydrogens is 412 g/mol. The van der Waals surface area contributed by atoms with E-state index in [2.05, 4.69) is 21.5 Å². The Balaban J connectivity index is 1.55. The Bertz CT molecular complexity index is 978. The minimum Gasteiger partial charge on any atom is -0.444 e. The van der Waals surface area contributed by atoms with Gasteiger partial charge in [-0.3, -0.25) is 4.68 Å². The number of aliphatic imine (C=N–C) groups is 1. The first-order chi connectivity index (χ1) is 13.7. The van der Waals surface area contributed by atoms with E-state index in [0.29, 0.717) is 18.4 Å². The molecule has 4 rings (SSSR count). The van der Waals surface area contributed by atoms with Crippen molar-refractivity contribution < 1.29 is 9.53 Å². The van der Waals surface area contributed by atoms with Gasteiger partial charge < -0.3 is 15.0 Å². The number of hydrogen-bond donors (Lipinski definition) is 1. The number of ether oxygens (including phenoxy) is 1. The largest absolute Gasteiger partial charge is 0.444 e. The van der Waals surface area contributed by atoms with Crippen LogP contribution >= 0.6 is 23.4 Å². The molecule has 0 radical (unpaired) electrons. The van der Waals surface area contributed by atoms with Crippen molar-refractivity contribution in [2.75, 3.05) is 13.1 Å². The third kappa shape index (κ3) is 3.74. The lowest BCUT2D eigenvalue weighted by Gasteiger charge is -2.48. The van der Waals surface area contributed by atoms with E-state index < -0.39 is 11.1 Å². The molecule has 1 amide bonds. The Hall–Kier alpha value is -2.44. The average Bonchev–Trinajstić information content (AvgIpc) is 3.24. The van der Waals surface area contributed by atoms with Crippen LogP contribution in [-0.4, -0.2) is 50.8 Å². The van der Waals surface area contributed by atoms with Crippen LogP contribution in [0.3, 0.4) is 0 Å². The van der Waals surface area contributed by atoms with E-state index in [9.17, 15) is 10.1 Å². The average molecular weight is 433 g/mol. The van der Waals surface area contributed by atoms with Gasteiger partial charge in [-0.15, -0.1) is 0 Å². The molecule has 0 aromatic carbocycles. The molecule has 10 heteroatoms. The second-order valence-corrected chi connectivity index (χ2v) is 9.55. The molecule has 1 saturated heterocycles. The molecule has 3 aliphatic heterocycles. The fourth-order valence-electron chi connectivity index (χ4n) is 3.50. The lowest BCUT2D eigenvalue weighted by atomic mass is 9.87. The molecule has 1 atom stereocenters. The predicted octanol–water partition coefficient (Wildman–Crippen LogP) is 3.24. The molecule has 0 spiro atoms. The second kappa shape index (κ2) is 7.11. The summed E-state index contributed by atoms with van der Waals surface area (Å²) in [5.41, 5.74) is 0.602. The van der Waals surface area contributed by atoms with Gasteiger partial charge in [0.25, 0.3) is 0 Å². The first kappa shape index (κ1) is 19.9. The standard InChI is InChI=1S/C19H21ClN6O2S/c1-18(2,3)28-17(27)25-10-19(11-25,5-6-21)26-9-12(8-22-26)14-15-13(4-7-29-15)23-16(20)24-14/h4,7-9,13H,5,10-11H2,1-3H3,(H,23,24). The number of nitrogens with one attached hydrogen (secondary N) is 1. The third-order valence-corrected chi connectivity index (χ3v) is 6.02. The number of rotatable bonds is 3. The highest BCUT2D eigenvalue weighted by molar-refractivity contribution is 8.06. The van der Waals surface area contributed by atoms with Crippen molar-refractivity contribution in [1.29, 1.82) is 5.26 Å². The monoisotopic (exact) mass is 432 g/mol. The summed E-state index contributed by atoms with van der Waals surface area (Å²) in [7, 11) is 0. The number of nitrogens with zero attached hydrogens (tertiary/aromatic N) is 5. The summed E-state index contributed by atoms with van der Waals surface area (Å²) in [5, 5.41) is 19.3. The number of halogens is 1. The van der Waals surface area contributed by atoms with E-state index in [1.807, 2.05) is 38.5 Å². The van der Waals surface area contributed by atoms with Gasteiger partial charge in [0, 0.05) is 16.7 Å². The Kier molecular flexibility index (Phi) is 4.87. The maximum absolute atomic E-state index is 12.3. The van der Waals surface area contributed by atoms with E-state index in [1.54, 1.807) is 27.5 Å². The number of hydrogen-bond acceptors (Lipinski definition) is 7. The lowest BCUT2D eigenvalue weighted by molar-refractivity contribution is -0.0314. The van der Waals surface area contributed by atoms with E-state index >= 15 is 0 Å². The lowest BCUT2D eigenvalue weighted by Crippen LogP contribution is -2.64. The topological polar surface area (TPSA) is 95.5 Å². The quantitative estimate of drug-likeness (QED) is 0.736. The molecule has 4 heterocycles. The summed E-state index contributed by atoms with van der Waals surface area (Å²) >= 11 is 7.75. The molecule has 1 aromatic rings. The van der Waals surface area contributed by atoms with Crippen LogP contribution in [0.2, 0.25) is 0 Å². The van der Waals surface area contributed by atoms with Crippen molar-refractivity contribution in [2.45, 2.75) is 44.4 Å². The fourth-order valence-corrected chi connectivity index (χ4v) is 4.63. The predicted molar refractivity (Wildman–Crippen MR) is 112 cm³/mol. The summed E-state index contributed by atoms with van der Waals surface area (Å²) in [6.07, 6.45) is 5.50. The molecule has 1 unspecified atom stereocenters. The minimum absolute atomic E-state index is 0.0773. The molecule has 1 fully saturated rings. The molecule has 3 aliphatic rings. The number of fused-ring (bicyclic) bond motifs is 1. The van der Waals surface area contributed by atoms with Crippen molar-refractivity contribution in [3.05, 3.63) is 34.3 Å². The molecule has 29 heavy (non-hydrogen) atoms. The van der Waals surface area contributed by atoms with Crippen LogP contribution in [0.25, 0.3) is 5.70 Å². The summed E-state index contributed by atoms with van der Waals surface area (Å²) in [6.45, 7) is 6.23. The Labute approximate surface area is 178 Å². The fraction of sp³-hybridized carbons (Fsp3) is 0.474. The van der Waals surface area contributed by atoms with E-state index in [4.69, 9.17) is 16.3 Å². The van der Waals surface area contributed by atoms with Crippen LogP contribution in [0, 0.1) is 11.3 Å². The molecule has 1 N–H and O–H groups in total. The van der Waals surface area contributed by atoms with E-state index in [1.165, 1.54) is 0 Å². The number of thioether (sulfide) groups is 1. The van der Waals surface area contributed by atoms with Gasteiger partial charge in [-0.05, 0) is 43.9 Å². The van der Waals surface area contributed by atoms with Crippen molar-refractivity contribution in [3.63, 3.8) is 0 Å². The van der Waals surface area contributed by atoms with E-state index in [0.717, 1.165) is 16.2 Å². The first-order valence-corrected chi connectivity index (χ1v) is 10.4. The third-order valence-electron chi connectivity index (χ3n) is 4.84. The van der Waals surface area contributed by atoms with Gasteiger partial charge >= 0.3 is 6.09 Å². The van der Waals surface area contributed by atoms with Crippen molar-refractivity contribution >= 4 is 40.4 Å². The van der Waals surface area contributed by atoms with Gasteiger partial charge in [0.05, 0.1) is 37.5 Å². The normalized spacial score (nSPS) is 22.4. The summed E-state index contributed by atoms with van der Waals surface area (Å²) < 4.78 is 7.21. The van der Waals surface area contributed by atoms with Gasteiger partial charge in [-0.2, -0.15) is 10.4 Å². The van der Waals surface area contributed by atoms with Gasteiger partial charge in [-0.1, -0.05) is 11.8 Å². The number of nitriles is 1. The summed E-state index contributed by atoms with van der Waals surface area (Å²) in [5.74, 6) is 0. The van der Waals surface area contributed by atoms with Crippen molar-refractivity contribution in [1.82, 2.24) is 20.0 Å². The van der Waals surface area contributed by atoms with E-state index in [-0.39, 0.29) is 18.6 Å². The molecule has 1 aromatic heterocycles. The maximum Gasteiger partial charge on any atom is 0.410 e. The van der Waals surface area contributed by atoms with Gasteiger partial charge in [0.2, 0.25) is 0 Å². The maximum atomic E-state index is 12.3. The summed E-state index contributed by atoms with van der Waals surface area (Å²) in [4.78, 5) is 19.3. The number of amides is 1. The van der Waals surface area contributed by atoms with Crippen LogP contribution in [0.15, 0.2) is 33.8 Å². The number of likely N-dealkylation sites (tertiary alicyclic amines) is 1. The molecule has 8 nitrogen and oxygen atoms in total. The Morgan fingerprint density at radius 2 is 2.28 bits per heavy atom. The molecule has 0 bridgehead atoms. The molecule has 152 valence electrons. The molecular formula is C19H21ClN6O2S. The van der Waals surface area contributed by atoms with Crippen molar-refractivity contribution in [2.24, 2.45) is 4.99 Å². The summed E-state index contributed by atoms with van der Waals surface area (Å²) in [6, 6.07) is 2.15. The van der Waals surface area contributed by atoms with Crippen LogP contribution in [-0.2, 0) is 10.3 Å². The zero-order valence-corrected chi connectivity index (χ0v) is 17.9. The van der Waals surface area contributed by atoms with Crippen LogP contribution in [0.4, 0.5) is 4.79 Å². The highest BCUT2D eigenvalue weighted by Crippen LogP contribution is 2.39. The van der Waals surface area contributed by atoms with Gasteiger partial charge in [-0.25, -0.2) is 9.79 Å². The van der Waals surface area contributed by atoms with Crippen LogP contribution in [0.5, 0.6) is 0 Å². The van der Waals surface area contributed by atoms with Crippen molar-refractivity contribution in [3.8, 4) is 6.07 Å². The minimum atomic E-state index is -0.567. The first-order valence-electron chi connectivity index (χ1n) is 9.19. The SMILES string of the molecule is CC(C)(C)OC(=O)N1CC(CC#N)(n2cc(C3=C4SC=CC4N=C(Cl)N3)cn2)C1. The number of carbonyl (C=O) groups is 1. The number of aromatic nitrogens is 2. The second-order valence-electron chi connectivity index (χ2n) is 8.24. The zero-order valence-electron chi connectivity index (χ0n) is 16.3. The molecule has 0 saturated carbocycles. The smallest absolute Gasteiger partial charge is 0.410 e. The van der Waals surface area contributed by atoms with Gasteiger partial charge in [0.15, 0.2) is 5.29 Å². The highest BCUT2D eigenvalue weighted by atomic mass is 35.5. The Morgan fingerprint density at radius 3 is 2.97 bits per heavy atom. The highest BCUT2D eigenvalue weighted by Gasteiger charge is 2.49. The van der Waals surface area contributed by atoms with Crippen LogP contribution < -0.4 is 5.32 Å². The van der Waals surface area contributed by atoms with Crippen LogP contribution in [0.1, 0.15) is 32.8 Å². The number of carbonyl (C=O) groups excluding carboxylic acids is 1. The number of amidine groups is 1. The Morgan fingerprint density at radius 1 is 1.52 bits per heavy atom.